The molecule has 0 aliphatic rings. The smallest absolute Gasteiger partial charge is 0.224 e. The van der Waals surface area contributed by atoms with Gasteiger partial charge in [0.25, 0.3) is 0 Å². The average Bonchev–Trinajstić information content (AvgIpc) is 2.34. The van der Waals surface area contributed by atoms with Crippen LogP contribution >= 0.6 is 11.8 Å². The molecule has 5 heteroatoms. The Bertz CT molecular complexity index is 456. The number of nitrogen functional groups attached to an aromatic ring is 1. The van der Waals surface area contributed by atoms with E-state index in [1.165, 1.54) is 0 Å². The Balaban J connectivity index is 2.44. The summed E-state index contributed by atoms with van der Waals surface area (Å²) in [5.41, 5.74) is 6.94. The Kier molecular flexibility index (Phi) is 6.20. The van der Waals surface area contributed by atoms with Gasteiger partial charge in [0.2, 0.25) is 5.91 Å². The highest BCUT2D eigenvalue weighted by Gasteiger charge is 2.11. The number of hydrogen-bond donors (Lipinski definition) is 2. The van der Waals surface area contributed by atoms with Gasteiger partial charge in [-0.25, -0.2) is 0 Å². The maximum absolute atomic E-state index is 11.9. The first kappa shape index (κ1) is 16.7. The van der Waals surface area contributed by atoms with Crippen molar-refractivity contribution in [2.75, 3.05) is 23.9 Å². The number of methoxy groups -OCH3 is 1. The van der Waals surface area contributed by atoms with Gasteiger partial charge in [-0.3, -0.25) is 4.79 Å². The molecule has 20 heavy (non-hydrogen) atoms. The molecule has 0 aliphatic heterocycles. The summed E-state index contributed by atoms with van der Waals surface area (Å²) in [6.45, 7) is 6.53. The normalized spacial score (nSPS) is 11.2. The summed E-state index contributed by atoms with van der Waals surface area (Å²) in [5.74, 6) is 1.59. The van der Waals surface area contributed by atoms with Crippen LogP contribution in [0.3, 0.4) is 0 Å². The van der Waals surface area contributed by atoms with Crippen LogP contribution in [-0.4, -0.2) is 23.5 Å². The third-order valence-electron chi connectivity index (χ3n) is 2.58. The molecule has 1 aromatic rings. The highest BCUT2D eigenvalue weighted by Crippen LogP contribution is 2.27. The molecule has 0 aliphatic carbocycles. The minimum atomic E-state index is -0.0107. The van der Waals surface area contributed by atoms with E-state index in [-0.39, 0.29) is 10.7 Å². The van der Waals surface area contributed by atoms with Gasteiger partial charge in [0.05, 0.1) is 12.8 Å². The lowest BCUT2D eigenvalue weighted by atomic mass is 10.2. The Morgan fingerprint density at radius 3 is 2.70 bits per heavy atom. The quantitative estimate of drug-likeness (QED) is 0.622. The maximum Gasteiger partial charge on any atom is 0.224 e. The number of nitrogens with two attached hydrogens (primary N) is 1. The predicted octanol–water partition coefficient (Wildman–Crippen LogP) is 3.53. The third-order valence-corrected chi connectivity index (χ3v) is 3.94. The van der Waals surface area contributed by atoms with E-state index in [1.54, 1.807) is 25.3 Å². The number of benzene rings is 1. The fourth-order valence-corrected chi connectivity index (χ4v) is 2.55. The molecule has 112 valence electrons. The number of rotatable bonds is 6. The molecule has 0 radical (unpaired) electrons. The molecule has 0 fully saturated rings. The van der Waals surface area contributed by atoms with Crippen molar-refractivity contribution in [3.8, 4) is 5.75 Å². The molecular formula is C15H24N2O2S. The number of anilines is 2. The monoisotopic (exact) mass is 296 g/mol. The molecule has 4 nitrogen and oxygen atoms in total. The first-order valence-corrected chi connectivity index (χ1v) is 7.68. The van der Waals surface area contributed by atoms with E-state index in [9.17, 15) is 4.79 Å². The Morgan fingerprint density at radius 1 is 1.40 bits per heavy atom. The summed E-state index contributed by atoms with van der Waals surface area (Å²) in [6.07, 6.45) is 1.36. The van der Waals surface area contributed by atoms with E-state index in [2.05, 4.69) is 26.1 Å². The van der Waals surface area contributed by atoms with Crippen molar-refractivity contribution in [3.63, 3.8) is 0 Å². The van der Waals surface area contributed by atoms with Gasteiger partial charge in [-0.1, -0.05) is 20.8 Å². The van der Waals surface area contributed by atoms with E-state index in [4.69, 9.17) is 10.5 Å². The van der Waals surface area contributed by atoms with Crippen LogP contribution in [0.5, 0.6) is 5.75 Å². The second kappa shape index (κ2) is 7.43. The zero-order valence-electron chi connectivity index (χ0n) is 12.7. The van der Waals surface area contributed by atoms with Gasteiger partial charge in [-0.05, 0) is 30.4 Å². The highest BCUT2D eigenvalue weighted by molar-refractivity contribution is 8.00. The van der Waals surface area contributed by atoms with Gasteiger partial charge in [0.1, 0.15) is 5.75 Å². The topological polar surface area (TPSA) is 64.3 Å². The first-order chi connectivity index (χ1) is 9.31. The van der Waals surface area contributed by atoms with E-state index in [0.29, 0.717) is 23.5 Å². The van der Waals surface area contributed by atoms with Crippen LogP contribution in [0.4, 0.5) is 11.4 Å². The molecular weight excluding hydrogens is 272 g/mol. The summed E-state index contributed by atoms with van der Waals surface area (Å²) in [5, 5.41) is 2.85. The number of carbonyl (C=O) groups is 1. The van der Waals surface area contributed by atoms with Crippen molar-refractivity contribution in [1.29, 1.82) is 0 Å². The van der Waals surface area contributed by atoms with Crippen LogP contribution in [0.1, 0.15) is 33.6 Å². The SMILES string of the molecule is COc1ccc(N)cc1NC(=O)CCCSC(C)(C)C. The van der Waals surface area contributed by atoms with Crippen molar-refractivity contribution in [3.05, 3.63) is 18.2 Å². The largest absolute Gasteiger partial charge is 0.495 e. The molecule has 0 spiro atoms. The van der Waals surface area contributed by atoms with Gasteiger partial charge < -0.3 is 15.8 Å². The molecule has 1 aromatic carbocycles. The number of hydrogen-bond acceptors (Lipinski definition) is 4. The van der Waals surface area contributed by atoms with E-state index >= 15 is 0 Å². The molecule has 3 N–H and O–H groups in total. The zero-order chi connectivity index (χ0) is 15.2. The summed E-state index contributed by atoms with van der Waals surface area (Å²) < 4.78 is 5.44. The van der Waals surface area contributed by atoms with Gasteiger partial charge >= 0.3 is 0 Å². The van der Waals surface area contributed by atoms with E-state index in [1.807, 2.05) is 11.8 Å². The standard InChI is InChI=1S/C15H24N2O2S/c1-15(2,3)20-9-5-6-14(18)17-12-10-11(16)7-8-13(12)19-4/h7-8,10H,5-6,9,16H2,1-4H3,(H,17,18). The Hall–Kier alpha value is -1.36. The number of ether oxygens (including phenoxy) is 1. The van der Waals surface area contributed by atoms with Crippen molar-refractivity contribution in [2.45, 2.75) is 38.4 Å². The van der Waals surface area contributed by atoms with Crippen LogP contribution in [0, 0.1) is 0 Å². The average molecular weight is 296 g/mol. The van der Waals surface area contributed by atoms with Crippen LogP contribution in [0.15, 0.2) is 18.2 Å². The molecule has 1 amide bonds. The van der Waals surface area contributed by atoms with Gasteiger partial charge in [0.15, 0.2) is 0 Å². The molecule has 0 atom stereocenters. The molecule has 0 aromatic heterocycles. The molecule has 1 rings (SSSR count). The zero-order valence-corrected chi connectivity index (χ0v) is 13.5. The molecule has 0 saturated carbocycles. The van der Waals surface area contributed by atoms with Crippen LogP contribution in [-0.2, 0) is 4.79 Å². The lowest BCUT2D eigenvalue weighted by Gasteiger charge is -2.17. The molecule has 0 unspecified atom stereocenters. The summed E-state index contributed by atoms with van der Waals surface area (Å²) >= 11 is 1.87. The van der Waals surface area contributed by atoms with Gasteiger partial charge in [0, 0.05) is 16.9 Å². The van der Waals surface area contributed by atoms with Crippen LogP contribution < -0.4 is 15.8 Å². The summed E-state index contributed by atoms with van der Waals surface area (Å²) in [7, 11) is 1.57. The van der Waals surface area contributed by atoms with E-state index < -0.39 is 0 Å². The number of carbonyl (C=O) groups excluding carboxylic acids is 1. The van der Waals surface area contributed by atoms with Gasteiger partial charge in [-0.15, -0.1) is 0 Å². The minimum Gasteiger partial charge on any atom is -0.495 e. The van der Waals surface area contributed by atoms with E-state index in [0.717, 1.165) is 12.2 Å². The molecule has 0 saturated heterocycles. The second-order valence-corrected chi connectivity index (χ2v) is 7.49. The van der Waals surface area contributed by atoms with Crippen molar-refractivity contribution in [1.82, 2.24) is 0 Å². The van der Waals surface area contributed by atoms with Crippen molar-refractivity contribution >= 4 is 29.0 Å². The predicted molar refractivity (Wildman–Crippen MR) is 87.5 cm³/mol. The first-order valence-electron chi connectivity index (χ1n) is 6.69. The fraction of sp³-hybridized carbons (Fsp3) is 0.533. The second-order valence-electron chi connectivity index (χ2n) is 5.57. The van der Waals surface area contributed by atoms with Crippen LogP contribution in [0.25, 0.3) is 0 Å². The maximum atomic E-state index is 11.9. The van der Waals surface area contributed by atoms with Crippen molar-refractivity contribution in [2.24, 2.45) is 0 Å². The number of amides is 1. The Morgan fingerprint density at radius 2 is 2.10 bits per heavy atom. The molecule has 0 bridgehead atoms. The summed E-state index contributed by atoms with van der Waals surface area (Å²) in [4.78, 5) is 11.9. The highest BCUT2D eigenvalue weighted by atomic mass is 32.2. The lowest BCUT2D eigenvalue weighted by Crippen LogP contribution is -2.14. The fourth-order valence-electron chi connectivity index (χ4n) is 1.65. The molecule has 0 heterocycles. The number of nitrogens with one attached hydrogen (secondary N) is 1. The minimum absolute atomic E-state index is 0.0107. The Labute approximate surface area is 125 Å². The van der Waals surface area contributed by atoms with Crippen LogP contribution in [0.2, 0.25) is 0 Å². The van der Waals surface area contributed by atoms with Gasteiger partial charge in [-0.2, -0.15) is 11.8 Å². The third kappa shape index (κ3) is 6.19. The number of thioether (sulfide) groups is 1. The summed E-state index contributed by atoms with van der Waals surface area (Å²) in [6, 6.07) is 5.20. The lowest BCUT2D eigenvalue weighted by molar-refractivity contribution is -0.116. The van der Waals surface area contributed by atoms with Crippen molar-refractivity contribution < 1.29 is 9.53 Å².